The van der Waals surface area contributed by atoms with Crippen molar-refractivity contribution in [3.8, 4) is 0 Å². The number of nitrogens with zero attached hydrogens (tertiary/aromatic N) is 5. The van der Waals surface area contributed by atoms with Gasteiger partial charge in [0.2, 0.25) is 11.9 Å². The summed E-state index contributed by atoms with van der Waals surface area (Å²) in [5.41, 5.74) is 1.19. The third-order valence-electron chi connectivity index (χ3n) is 3.99. The Labute approximate surface area is 140 Å². The molecule has 1 aliphatic rings. The minimum atomic E-state index is 0.167. The van der Waals surface area contributed by atoms with E-state index in [2.05, 4.69) is 31.2 Å². The van der Waals surface area contributed by atoms with Crippen molar-refractivity contribution in [2.75, 3.05) is 44.7 Å². The minimum absolute atomic E-state index is 0.167. The zero-order valence-corrected chi connectivity index (χ0v) is 14.1. The second-order valence-electron chi connectivity index (χ2n) is 5.69. The molecule has 23 heavy (non-hydrogen) atoms. The highest BCUT2D eigenvalue weighted by Gasteiger charge is 2.21. The number of carbonyl (C=O) groups is 1. The Balaban J connectivity index is 1.46. The summed E-state index contributed by atoms with van der Waals surface area (Å²) < 4.78 is 0. The summed E-state index contributed by atoms with van der Waals surface area (Å²) in [4.78, 5) is 27.1. The number of rotatable bonds is 5. The van der Waals surface area contributed by atoms with Crippen molar-refractivity contribution in [3.05, 3.63) is 40.8 Å². The summed E-state index contributed by atoms with van der Waals surface area (Å²) in [5, 5.41) is 4.13. The molecule has 0 radical (unpaired) electrons. The second-order valence-corrected chi connectivity index (χ2v) is 6.47. The maximum atomic E-state index is 12.3. The fourth-order valence-corrected chi connectivity index (χ4v) is 3.28. The van der Waals surface area contributed by atoms with Gasteiger partial charge in [0.1, 0.15) is 0 Å². The van der Waals surface area contributed by atoms with Gasteiger partial charge >= 0.3 is 0 Å². The van der Waals surface area contributed by atoms with Crippen LogP contribution in [0.15, 0.2) is 35.3 Å². The predicted molar refractivity (Wildman–Crippen MR) is 91.5 cm³/mol. The molecule has 3 heterocycles. The van der Waals surface area contributed by atoms with Crippen LogP contribution in [0.4, 0.5) is 5.95 Å². The van der Waals surface area contributed by atoms with Gasteiger partial charge in [-0.2, -0.15) is 11.3 Å². The van der Waals surface area contributed by atoms with Crippen molar-refractivity contribution in [1.29, 1.82) is 0 Å². The van der Waals surface area contributed by atoms with Gasteiger partial charge < -0.3 is 9.80 Å². The molecular weight excluding hydrogens is 310 g/mol. The molecule has 0 aromatic carbocycles. The first-order chi connectivity index (χ1) is 11.2. The Morgan fingerprint density at radius 3 is 2.65 bits per heavy atom. The smallest absolute Gasteiger partial charge is 0.236 e. The molecular formula is C16H21N5OS. The van der Waals surface area contributed by atoms with Crippen LogP contribution in [0.25, 0.3) is 0 Å². The van der Waals surface area contributed by atoms with Crippen LogP contribution in [0, 0.1) is 0 Å². The zero-order valence-electron chi connectivity index (χ0n) is 13.3. The summed E-state index contributed by atoms with van der Waals surface area (Å²) in [6.07, 6.45) is 3.52. The lowest BCUT2D eigenvalue weighted by molar-refractivity contribution is -0.131. The SMILES string of the molecule is CN(Cc1ccsc1)C(=O)CN1CCN(c2ncccn2)CC1. The third-order valence-corrected chi connectivity index (χ3v) is 4.72. The van der Waals surface area contributed by atoms with Crippen molar-refractivity contribution >= 4 is 23.2 Å². The molecule has 1 fully saturated rings. The summed E-state index contributed by atoms with van der Waals surface area (Å²) in [7, 11) is 1.87. The highest BCUT2D eigenvalue weighted by atomic mass is 32.1. The second kappa shape index (κ2) is 7.52. The van der Waals surface area contributed by atoms with Crippen molar-refractivity contribution in [2.24, 2.45) is 0 Å². The molecule has 0 bridgehead atoms. The molecule has 1 aliphatic heterocycles. The van der Waals surface area contributed by atoms with E-state index in [9.17, 15) is 4.79 Å². The van der Waals surface area contributed by atoms with Gasteiger partial charge in [0.05, 0.1) is 6.54 Å². The van der Waals surface area contributed by atoms with E-state index in [1.807, 2.05) is 18.5 Å². The Kier molecular flexibility index (Phi) is 5.19. The molecule has 3 rings (SSSR count). The average molecular weight is 331 g/mol. The number of carbonyl (C=O) groups excluding carboxylic acids is 1. The number of thiophene rings is 1. The molecule has 1 amide bonds. The molecule has 1 saturated heterocycles. The van der Waals surface area contributed by atoms with Gasteiger partial charge in [-0.25, -0.2) is 9.97 Å². The Morgan fingerprint density at radius 1 is 1.26 bits per heavy atom. The molecule has 7 heteroatoms. The number of hydrogen-bond donors (Lipinski definition) is 0. The number of aromatic nitrogens is 2. The Hall–Kier alpha value is -1.99. The lowest BCUT2D eigenvalue weighted by atomic mass is 10.3. The first-order valence-electron chi connectivity index (χ1n) is 7.72. The van der Waals surface area contributed by atoms with E-state index in [-0.39, 0.29) is 5.91 Å². The maximum Gasteiger partial charge on any atom is 0.236 e. The van der Waals surface area contributed by atoms with E-state index in [1.165, 1.54) is 5.56 Å². The monoisotopic (exact) mass is 331 g/mol. The third kappa shape index (κ3) is 4.27. The quantitative estimate of drug-likeness (QED) is 0.827. The van der Waals surface area contributed by atoms with Crippen molar-refractivity contribution in [1.82, 2.24) is 19.8 Å². The molecule has 0 spiro atoms. The predicted octanol–water partition coefficient (Wildman–Crippen LogP) is 1.32. The summed E-state index contributed by atoms with van der Waals surface area (Å²) in [6, 6.07) is 3.88. The Bertz CT molecular complexity index is 611. The lowest BCUT2D eigenvalue weighted by Crippen LogP contribution is -2.50. The number of piperazine rings is 1. The number of likely N-dealkylation sites (N-methyl/N-ethyl adjacent to an activating group) is 1. The van der Waals surface area contributed by atoms with Gasteiger partial charge in [0, 0.05) is 52.2 Å². The molecule has 2 aromatic rings. The highest BCUT2D eigenvalue weighted by Crippen LogP contribution is 2.11. The normalized spacial score (nSPS) is 15.6. The molecule has 0 N–H and O–H groups in total. The zero-order chi connectivity index (χ0) is 16.1. The fraction of sp³-hybridized carbons (Fsp3) is 0.438. The van der Waals surface area contributed by atoms with Crippen LogP contribution in [0.2, 0.25) is 0 Å². The van der Waals surface area contributed by atoms with Gasteiger partial charge in [-0.15, -0.1) is 0 Å². The molecule has 2 aromatic heterocycles. The van der Waals surface area contributed by atoms with Crippen molar-refractivity contribution in [2.45, 2.75) is 6.54 Å². The van der Waals surface area contributed by atoms with Crippen LogP contribution in [0.5, 0.6) is 0 Å². The molecule has 6 nitrogen and oxygen atoms in total. The standard InChI is InChI=1S/C16H21N5OS/c1-19(11-14-3-10-23-13-14)15(22)12-20-6-8-21(9-7-20)16-17-4-2-5-18-16/h2-5,10,13H,6-9,11-12H2,1H3. The van der Waals surface area contributed by atoms with Gasteiger partial charge in [0.25, 0.3) is 0 Å². The summed E-state index contributed by atoms with van der Waals surface area (Å²) in [6.45, 7) is 4.58. The highest BCUT2D eigenvalue weighted by molar-refractivity contribution is 7.07. The maximum absolute atomic E-state index is 12.3. The topological polar surface area (TPSA) is 52.6 Å². The Morgan fingerprint density at radius 2 is 2.00 bits per heavy atom. The van der Waals surface area contributed by atoms with Crippen LogP contribution in [-0.4, -0.2) is 65.4 Å². The van der Waals surface area contributed by atoms with Gasteiger partial charge in [0.15, 0.2) is 0 Å². The van der Waals surface area contributed by atoms with E-state index in [4.69, 9.17) is 0 Å². The van der Waals surface area contributed by atoms with Crippen molar-refractivity contribution < 1.29 is 4.79 Å². The summed E-state index contributed by atoms with van der Waals surface area (Å²) in [5.74, 6) is 0.939. The van der Waals surface area contributed by atoms with Crippen LogP contribution in [0.1, 0.15) is 5.56 Å². The minimum Gasteiger partial charge on any atom is -0.340 e. The van der Waals surface area contributed by atoms with Gasteiger partial charge in [-0.3, -0.25) is 9.69 Å². The molecule has 0 aliphatic carbocycles. The molecule has 122 valence electrons. The van der Waals surface area contributed by atoms with Crippen LogP contribution in [0.3, 0.4) is 0 Å². The van der Waals surface area contributed by atoms with E-state index < -0.39 is 0 Å². The number of hydrogen-bond acceptors (Lipinski definition) is 6. The first kappa shape index (κ1) is 15.9. The summed E-state index contributed by atoms with van der Waals surface area (Å²) >= 11 is 1.66. The van der Waals surface area contributed by atoms with E-state index in [1.54, 1.807) is 28.6 Å². The largest absolute Gasteiger partial charge is 0.340 e. The first-order valence-corrected chi connectivity index (χ1v) is 8.66. The van der Waals surface area contributed by atoms with Gasteiger partial charge in [-0.1, -0.05) is 0 Å². The van der Waals surface area contributed by atoms with E-state index >= 15 is 0 Å². The number of anilines is 1. The fourth-order valence-electron chi connectivity index (χ4n) is 2.62. The van der Waals surface area contributed by atoms with Gasteiger partial charge in [-0.05, 0) is 28.5 Å². The molecule has 0 unspecified atom stereocenters. The average Bonchev–Trinajstić information content (AvgIpc) is 3.09. The van der Waals surface area contributed by atoms with Crippen LogP contribution < -0.4 is 4.90 Å². The van der Waals surface area contributed by atoms with Crippen molar-refractivity contribution in [3.63, 3.8) is 0 Å². The molecule has 0 atom stereocenters. The van der Waals surface area contributed by atoms with E-state index in [0.29, 0.717) is 13.1 Å². The number of amides is 1. The van der Waals surface area contributed by atoms with E-state index in [0.717, 1.165) is 32.1 Å². The lowest BCUT2D eigenvalue weighted by Gasteiger charge is -2.34. The van der Waals surface area contributed by atoms with Crippen LogP contribution >= 0.6 is 11.3 Å². The van der Waals surface area contributed by atoms with Crippen LogP contribution in [-0.2, 0) is 11.3 Å². The molecule has 0 saturated carbocycles.